The molecule has 112 valence electrons. The van der Waals surface area contributed by atoms with Crippen molar-refractivity contribution >= 4 is 12.2 Å². The number of benzene rings is 1. The van der Waals surface area contributed by atoms with Crippen LogP contribution in [0.5, 0.6) is 5.75 Å². The fourth-order valence-electron chi connectivity index (χ4n) is 1.80. The normalized spacial score (nSPS) is 11.7. The monoisotopic (exact) mass is 314 g/mol. The number of rotatable bonds is 3. The van der Waals surface area contributed by atoms with Gasteiger partial charge in [-0.3, -0.25) is 0 Å². The second kappa shape index (κ2) is 5.85. The number of aromatic nitrogens is 2. The third kappa shape index (κ3) is 4.04. The number of nitrogens with one attached hydrogen (secondary N) is 1. The molecule has 0 amide bonds. The SMILES string of the molecule is CC(C)c1nc(=S)cc(-c2ccccc2OC(F)(F)F)[nH]1. The highest BCUT2D eigenvalue weighted by atomic mass is 32.1. The third-order valence-corrected chi connectivity index (χ3v) is 2.92. The van der Waals surface area contributed by atoms with Crippen molar-refractivity contribution in [3.63, 3.8) is 0 Å². The summed E-state index contributed by atoms with van der Waals surface area (Å²) in [5.74, 6) is 0.401. The number of para-hydroxylation sites is 1. The topological polar surface area (TPSA) is 37.9 Å². The number of H-pyrrole nitrogens is 1. The van der Waals surface area contributed by atoms with Gasteiger partial charge in [-0.1, -0.05) is 38.2 Å². The summed E-state index contributed by atoms with van der Waals surface area (Å²) in [5.41, 5.74) is 0.726. The molecule has 0 aliphatic carbocycles. The first-order valence-electron chi connectivity index (χ1n) is 6.22. The van der Waals surface area contributed by atoms with Crippen molar-refractivity contribution in [3.8, 4) is 17.0 Å². The van der Waals surface area contributed by atoms with Crippen molar-refractivity contribution in [1.82, 2.24) is 9.97 Å². The van der Waals surface area contributed by atoms with E-state index in [4.69, 9.17) is 12.2 Å². The van der Waals surface area contributed by atoms with Crippen molar-refractivity contribution in [2.75, 3.05) is 0 Å². The van der Waals surface area contributed by atoms with E-state index in [1.54, 1.807) is 6.07 Å². The molecule has 1 N–H and O–H groups in total. The van der Waals surface area contributed by atoms with Crippen LogP contribution in [0.15, 0.2) is 30.3 Å². The van der Waals surface area contributed by atoms with E-state index >= 15 is 0 Å². The molecule has 0 saturated heterocycles. The molecule has 0 radical (unpaired) electrons. The lowest BCUT2D eigenvalue weighted by Crippen LogP contribution is -2.17. The molecule has 7 heteroatoms. The molecule has 1 aromatic heterocycles. The van der Waals surface area contributed by atoms with Gasteiger partial charge < -0.3 is 9.72 Å². The van der Waals surface area contributed by atoms with Crippen molar-refractivity contribution < 1.29 is 17.9 Å². The van der Waals surface area contributed by atoms with Gasteiger partial charge in [0.15, 0.2) is 0 Å². The van der Waals surface area contributed by atoms with E-state index in [0.717, 1.165) is 0 Å². The fraction of sp³-hybridized carbons (Fsp3) is 0.286. The Morgan fingerprint density at radius 1 is 1.24 bits per heavy atom. The lowest BCUT2D eigenvalue weighted by atomic mass is 10.1. The summed E-state index contributed by atoms with van der Waals surface area (Å²) < 4.78 is 41.7. The Labute approximate surface area is 124 Å². The Morgan fingerprint density at radius 2 is 1.90 bits per heavy atom. The molecule has 3 nitrogen and oxygen atoms in total. The van der Waals surface area contributed by atoms with Crippen LogP contribution in [-0.2, 0) is 0 Å². The number of hydrogen-bond acceptors (Lipinski definition) is 3. The molecule has 0 aliphatic heterocycles. The summed E-state index contributed by atoms with van der Waals surface area (Å²) in [6.07, 6.45) is -4.75. The molecule has 0 saturated carbocycles. The first kappa shape index (κ1) is 15.5. The van der Waals surface area contributed by atoms with Crippen LogP contribution in [0.3, 0.4) is 0 Å². The van der Waals surface area contributed by atoms with Gasteiger partial charge in [0.25, 0.3) is 0 Å². The van der Waals surface area contributed by atoms with E-state index in [0.29, 0.717) is 16.2 Å². The molecule has 2 rings (SSSR count). The third-order valence-electron chi connectivity index (χ3n) is 2.71. The van der Waals surface area contributed by atoms with Gasteiger partial charge in [-0.05, 0) is 18.2 Å². The van der Waals surface area contributed by atoms with E-state index in [2.05, 4.69) is 14.7 Å². The largest absolute Gasteiger partial charge is 0.573 e. The van der Waals surface area contributed by atoms with Crippen LogP contribution in [-0.4, -0.2) is 16.3 Å². The van der Waals surface area contributed by atoms with Crippen LogP contribution < -0.4 is 4.74 Å². The minimum atomic E-state index is -4.75. The molecule has 2 aromatic rings. The number of aromatic amines is 1. The standard InChI is InChI=1S/C14H13F3N2OS/c1-8(2)13-18-10(7-12(21)19-13)9-5-3-4-6-11(9)20-14(15,16)17/h3-8H,1-2H3,(H,18,19,21). The molecule has 21 heavy (non-hydrogen) atoms. The van der Waals surface area contributed by atoms with Crippen LogP contribution in [0.1, 0.15) is 25.6 Å². The predicted octanol–water partition coefficient (Wildman–Crippen LogP) is 4.83. The summed E-state index contributed by atoms with van der Waals surface area (Å²) in [4.78, 5) is 7.16. The van der Waals surface area contributed by atoms with Crippen LogP contribution >= 0.6 is 12.2 Å². The Balaban J connectivity index is 2.54. The molecule has 0 fully saturated rings. The molecule has 0 aliphatic rings. The van der Waals surface area contributed by atoms with E-state index in [9.17, 15) is 13.2 Å². The van der Waals surface area contributed by atoms with Crippen LogP contribution in [0.25, 0.3) is 11.3 Å². The zero-order valence-corrected chi connectivity index (χ0v) is 12.2. The number of ether oxygens (including phenoxy) is 1. The highest BCUT2D eigenvalue weighted by Gasteiger charge is 2.32. The summed E-state index contributed by atoms with van der Waals surface area (Å²) in [6.45, 7) is 3.82. The lowest BCUT2D eigenvalue weighted by Gasteiger charge is -2.14. The van der Waals surface area contributed by atoms with Crippen molar-refractivity contribution in [3.05, 3.63) is 40.8 Å². The van der Waals surface area contributed by atoms with Crippen molar-refractivity contribution in [1.29, 1.82) is 0 Å². The zero-order chi connectivity index (χ0) is 15.6. The van der Waals surface area contributed by atoms with Crippen LogP contribution in [0.4, 0.5) is 13.2 Å². The molecule has 0 atom stereocenters. The summed E-state index contributed by atoms with van der Waals surface area (Å²) in [7, 11) is 0. The van der Waals surface area contributed by atoms with Gasteiger partial charge in [0, 0.05) is 11.5 Å². The zero-order valence-electron chi connectivity index (χ0n) is 11.4. The molecule has 1 heterocycles. The molecular weight excluding hydrogens is 301 g/mol. The lowest BCUT2D eigenvalue weighted by molar-refractivity contribution is -0.274. The molecule has 0 spiro atoms. The molecular formula is C14H13F3N2OS. The Kier molecular flexibility index (Phi) is 4.32. The summed E-state index contributed by atoms with van der Waals surface area (Å²) in [5, 5.41) is 0. The van der Waals surface area contributed by atoms with Gasteiger partial charge in [-0.25, -0.2) is 4.98 Å². The predicted molar refractivity (Wildman–Crippen MR) is 75.6 cm³/mol. The van der Waals surface area contributed by atoms with Crippen molar-refractivity contribution in [2.24, 2.45) is 0 Å². The van der Waals surface area contributed by atoms with Gasteiger partial charge in [0.2, 0.25) is 0 Å². The van der Waals surface area contributed by atoms with E-state index in [-0.39, 0.29) is 17.2 Å². The van der Waals surface area contributed by atoms with Crippen molar-refractivity contribution in [2.45, 2.75) is 26.1 Å². The number of hydrogen-bond donors (Lipinski definition) is 1. The maximum absolute atomic E-state index is 12.5. The van der Waals surface area contributed by atoms with Gasteiger partial charge in [0.1, 0.15) is 16.2 Å². The van der Waals surface area contributed by atoms with E-state index in [1.807, 2.05) is 13.8 Å². The first-order chi connectivity index (χ1) is 9.76. The number of alkyl halides is 3. The first-order valence-corrected chi connectivity index (χ1v) is 6.63. The van der Waals surface area contributed by atoms with E-state index < -0.39 is 6.36 Å². The maximum Gasteiger partial charge on any atom is 0.573 e. The minimum Gasteiger partial charge on any atom is -0.405 e. The van der Waals surface area contributed by atoms with Gasteiger partial charge in [-0.15, -0.1) is 13.2 Å². The summed E-state index contributed by atoms with van der Waals surface area (Å²) >= 11 is 5.07. The fourth-order valence-corrected chi connectivity index (χ4v) is 2.01. The van der Waals surface area contributed by atoms with Gasteiger partial charge >= 0.3 is 6.36 Å². The average Bonchev–Trinajstić information content (AvgIpc) is 2.36. The molecule has 0 unspecified atom stereocenters. The Morgan fingerprint density at radius 3 is 2.52 bits per heavy atom. The quantitative estimate of drug-likeness (QED) is 0.825. The highest BCUT2D eigenvalue weighted by molar-refractivity contribution is 7.71. The average molecular weight is 314 g/mol. The van der Waals surface area contributed by atoms with Gasteiger partial charge in [-0.2, -0.15) is 0 Å². The minimum absolute atomic E-state index is 0.0716. The second-order valence-corrected chi connectivity index (χ2v) is 5.14. The Bertz CT molecular complexity index is 695. The highest BCUT2D eigenvalue weighted by Crippen LogP contribution is 2.33. The Hall–Kier alpha value is -1.89. The number of halogens is 3. The summed E-state index contributed by atoms with van der Waals surface area (Å²) in [6, 6.07) is 7.41. The number of nitrogens with zero attached hydrogens (tertiary/aromatic N) is 1. The van der Waals surface area contributed by atoms with Crippen LogP contribution in [0.2, 0.25) is 0 Å². The molecule has 0 bridgehead atoms. The van der Waals surface area contributed by atoms with Gasteiger partial charge in [0.05, 0.1) is 5.69 Å². The maximum atomic E-state index is 12.5. The van der Waals surface area contributed by atoms with E-state index in [1.165, 1.54) is 24.3 Å². The van der Waals surface area contributed by atoms with Crippen LogP contribution in [0, 0.1) is 4.64 Å². The smallest absolute Gasteiger partial charge is 0.405 e. The molecule has 1 aromatic carbocycles. The second-order valence-electron chi connectivity index (χ2n) is 4.72.